The van der Waals surface area contributed by atoms with Crippen LogP contribution in [0.3, 0.4) is 0 Å². The Morgan fingerprint density at radius 3 is 2.51 bits per heavy atom. The molecule has 0 radical (unpaired) electrons. The van der Waals surface area contributed by atoms with E-state index in [-0.39, 0.29) is 23.3 Å². The highest BCUT2D eigenvalue weighted by molar-refractivity contribution is 5.99. The van der Waals surface area contributed by atoms with Gasteiger partial charge in [0, 0.05) is 50.4 Å². The number of aromatic nitrogens is 4. The van der Waals surface area contributed by atoms with E-state index in [4.69, 9.17) is 20.3 Å². The van der Waals surface area contributed by atoms with Crippen LogP contribution in [0.4, 0.5) is 10.2 Å². The van der Waals surface area contributed by atoms with Crippen molar-refractivity contribution < 1.29 is 18.7 Å². The van der Waals surface area contributed by atoms with Crippen LogP contribution in [0.2, 0.25) is 0 Å². The van der Waals surface area contributed by atoms with Crippen LogP contribution in [0.1, 0.15) is 32.7 Å². The molecule has 1 atom stereocenters. The molecule has 2 aromatic carbocycles. The Morgan fingerprint density at radius 1 is 1.06 bits per heavy atom. The molecule has 1 unspecified atom stereocenters. The lowest BCUT2D eigenvalue weighted by Gasteiger charge is -2.46. The van der Waals surface area contributed by atoms with Gasteiger partial charge < -0.3 is 20.1 Å². The van der Waals surface area contributed by atoms with Crippen molar-refractivity contribution in [2.75, 3.05) is 58.2 Å². The van der Waals surface area contributed by atoms with Gasteiger partial charge in [-0.3, -0.25) is 14.6 Å². The zero-order valence-corrected chi connectivity index (χ0v) is 27.8. The molecule has 7 rings (SSSR count). The maximum absolute atomic E-state index is 14.1. The van der Waals surface area contributed by atoms with E-state index in [1.165, 1.54) is 12.4 Å². The molecule has 0 saturated carbocycles. The largest absolute Gasteiger partial charge is 0.454 e. The minimum atomic E-state index is -0.463. The number of ether oxygens (including phenoxy) is 2. The number of halogens is 1. The van der Waals surface area contributed by atoms with Gasteiger partial charge in [-0.2, -0.15) is 10.4 Å². The van der Waals surface area contributed by atoms with Crippen molar-refractivity contribution >= 4 is 22.8 Å². The number of nitrogens with zero attached hydrogens (tertiary/aromatic N) is 8. The van der Waals surface area contributed by atoms with Crippen molar-refractivity contribution in [3.05, 3.63) is 72.3 Å². The Bertz CT molecular complexity index is 1910. The molecule has 4 aromatic rings. The maximum atomic E-state index is 14.1. The van der Waals surface area contributed by atoms with E-state index >= 15 is 0 Å². The first-order valence-electron chi connectivity index (χ1n) is 16.7. The quantitative estimate of drug-likeness (QED) is 0.213. The highest BCUT2D eigenvalue weighted by Gasteiger charge is 2.35. The molecule has 0 bridgehead atoms. The number of carbonyl (C=O) groups is 1. The molecule has 3 aliphatic heterocycles. The second-order valence-corrected chi connectivity index (χ2v) is 13.4. The number of likely N-dealkylation sites (tertiary alicyclic amines) is 1. The number of para-hydroxylation sites is 1. The van der Waals surface area contributed by atoms with Crippen LogP contribution in [0, 0.1) is 17.1 Å². The number of piperazine rings is 1. The van der Waals surface area contributed by atoms with E-state index in [2.05, 4.69) is 39.7 Å². The lowest BCUT2D eigenvalue weighted by atomic mass is 9.96. The Labute approximate surface area is 284 Å². The van der Waals surface area contributed by atoms with Gasteiger partial charge in [0.15, 0.2) is 17.2 Å². The summed E-state index contributed by atoms with van der Waals surface area (Å²) in [5, 5.41) is 15.7. The van der Waals surface area contributed by atoms with Gasteiger partial charge in [-0.15, -0.1) is 0 Å². The number of rotatable bonds is 8. The molecule has 0 spiro atoms. The van der Waals surface area contributed by atoms with E-state index in [9.17, 15) is 14.4 Å². The van der Waals surface area contributed by atoms with Gasteiger partial charge in [0.1, 0.15) is 35.2 Å². The number of nitrogen functional groups attached to an aromatic ring is 1. The first-order valence-corrected chi connectivity index (χ1v) is 16.7. The third-order valence-electron chi connectivity index (χ3n) is 9.85. The van der Waals surface area contributed by atoms with E-state index in [1.807, 2.05) is 22.9 Å². The summed E-state index contributed by atoms with van der Waals surface area (Å²) in [7, 11) is 0. The minimum absolute atomic E-state index is 0.134. The van der Waals surface area contributed by atoms with Crippen molar-refractivity contribution in [2.45, 2.75) is 44.3 Å². The average molecular weight is 666 g/mol. The second kappa shape index (κ2) is 13.5. The van der Waals surface area contributed by atoms with Crippen LogP contribution in [-0.4, -0.2) is 104 Å². The molecule has 0 aliphatic carbocycles. The zero-order valence-electron chi connectivity index (χ0n) is 27.8. The molecular weight excluding hydrogens is 625 g/mol. The number of anilines is 1. The highest BCUT2D eigenvalue weighted by Crippen LogP contribution is 2.35. The second-order valence-electron chi connectivity index (χ2n) is 13.4. The van der Waals surface area contributed by atoms with Crippen LogP contribution >= 0.6 is 0 Å². The summed E-state index contributed by atoms with van der Waals surface area (Å²) in [6.07, 6.45) is 4.75. The number of nitrogens with two attached hydrogens (primary N) is 1. The lowest BCUT2D eigenvalue weighted by Crippen LogP contribution is -2.59. The standard InChI is InChI=1S/C36H40FN9O3/c1-36(2,45-16-14-43(15-17-45)27-21-48-22-27)18-25(19-38)35(47)44-13-5-6-26(20-44)46-34-31(33(39)40-23-41-34)32(42-46)24-9-11-28(12-10-24)49-30-8-4-3-7-29(30)37/h3-4,7-12,18,23,26-27H,5-6,13-17,20-22H2,1-2H3,(H2,39,40,41). The summed E-state index contributed by atoms with van der Waals surface area (Å²) in [6.45, 7) is 10.2. The van der Waals surface area contributed by atoms with Crippen LogP contribution in [0.15, 0.2) is 66.5 Å². The number of benzene rings is 2. The van der Waals surface area contributed by atoms with Gasteiger partial charge in [0.25, 0.3) is 5.91 Å². The average Bonchev–Trinajstić information content (AvgIpc) is 3.49. The predicted octanol–water partition coefficient (Wildman–Crippen LogP) is 4.42. The maximum Gasteiger partial charge on any atom is 0.264 e. The number of hydrogen-bond acceptors (Lipinski definition) is 10. The molecule has 3 fully saturated rings. The number of nitriles is 1. The Hall–Kier alpha value is -4.90. The van der Waals surface area contributed by atoms with Crippen molar-refractivity contribution in [2.24, 2.45) is 0 Å². The highest BCUT2D eigenvalue weighted by atomic mass is 19.1. The normalized spacial score (nSPS) is 19.8. The lowest BCUT2D eigenvalue weighted by molar-refractivity contribution is -0.128. The molecule has 3 aliphatic rings. The number of amides is 1. The summed E-state index contributed by atoms with van der Waals surface area (Å²) in [5.41, 5.74) is 7.99. The number of fused-ring (bicyclic) bond motifs is 1. The van der Waals surface area contributed by atoms with Crippen molar-refractivity contribution in [3.8, 4) is 28.8 Å². The molecule has 49 heavy (non-hydrogen) atoms. The summed E-state index contributed by atoms with van der Waals surface area (Å²) in [5.74, 6) is 0.173. The van der Waals surface area contributed by atoms with E-state index in [0.29, 0.717) is 47.4 Å². The molecule has 254 valence electrons. The molecule has 2 aromatic heterocycles. The fraction of sp³-hybridized carbons (Fsp3) is 0.417. The Balaban J connectivity index is 1.09. The summed E-state index contributed by atoms with van der Waals surface area (Å²) >= 11 is 0. The van der Waals surface area contributed by atoms with Crippen molar-refractivity contribution in [1.29, 1.82) is 5.26 Å². The topological polar surface area (TPSA) is 139 Å². The number of carbonyl (C=O) groups excluding carboxylic acids is 1. The van der Waals surface area contributed by atoms with Gasteiger partial charge >= 0.3 is 0 Å². The molecule has 1 amide bonds. The molecule has 13 heteroatoms. The molecule has 2 N–H and O–H groups in total. The van der Waals surface area contributed by atoms with Gasteiger partial charge in [0.2, 0.25) is 0 Å². The fourth-order valence-electron chi connectivity index (χ4n) is 6.98. The van der Waals surface area contributed by atoms with Crippen LogP contribution in [-0.2, 0) is 9.53 Å². The molecular formula is C36H40FN9O3. The van der Waals surface area contributed by atoms with Crippen LogP contribution in [0.25, 0.3) is 22.3 Å². The van der Waals surface area contributed by atoms with Crippen molar-refractivity contribution in [1.82, 2.24) is 34.4 Å². The minimum Gasteiger partial charge on any atom is -0.454 e. The van der Waals surface area contributed by atoms with E-state index < -0.39 is 11.4 Å². The zero-order chi connectivity index (χ0) is 34.1. The van der Waals surface area contributed by atoms with E-state index in [1.54, 1.807) is 35.2 Å². The monoisotopic (exact) mass is 665 g/mol. The number of hydrogen-bond donors (Lipinski definition) is 1. The molecule has 12 nitrogen and oxygen atoms in total. The van der Waals surface area contributed by atoms with Gasteiger partial charge in [-0.05, 0) is 69.2 Å². The Morgan fingerprint density at radius 2 is 1.82 bits per heavy atom. The molecule has 3 saturated heterocycles. The molecule has 5 heterocycles. The van der Waals surface area contributed by atoms with Crippen molar-refractivity contribution in [3.63, 3.8) is 0 Å². The smallest absolute Gasteiger partial charge is 0.264 e. The SMILES string of the molecule is CC(C)(C=C(C#N)C(=O)N1CCCC(n2nc(-c3ccc(Oc4ccccc4F)cc3)c3c(N)ncnc32)C1)N1CCN(C2COC2)CC1. The first-order chi connectivity index (χ1) is 23.7. The van der Waals surface area contributed by atoms with Gasteiger partial charge in [-0.25, -0.2) is 19.0 Å². The number of piperidine rings is 1. The van der Waals surface area contributed by atoms with Crippen LogP contribution in [0.5, 0.6) is 11.5 Å². The summed E-state index contributed by atoms with van der Waals surface area (Å²) in [6, 6.07) is 15.9. The van der Waals surface area contributed by atoms with E-state index in [0.717, 1.165) is 57.8 Å². The third-order valence-corrected chi connectivity index (χ3v) is 9.85. The summed E-state index contributed by atoms with van der Waals surface area (Å²) in [4.78, 5) is 29.2. The van der Waals surface area contributed by atoms with Crippen LogP contribution < -0.4 is 10.5 Å². The van der Waals surface area contributed by atoms with Gasteiger partial charge in [-0.1, -0.05) is 12.1 Å². The van der Waals surface area contributed by atoms with Gasteiger partial charge in [0.05, 0.1) is 30.7 Å². The first kappa shape index (κ1) is 32.6. The predicted molar refractivity (Wildman–Crippen MR) is 182 cm³/mol. The fourth-order valence-corrected chi connectivity index (χ4v) is 6.98. The third kappa shape index (κ3) is 6.59. The Kier molecular flexibility index (Phi) is 9.02. The summed E-state index contributed by atoms with van der Waals surface area (Å²) < 4.78 is 27.1.